The van der Waals surface area contributed by atoms with Crippen LogP contribution in [0.1, 0.15) is 58.0 Å². The van der Waals surface area contributed by atoms with Crippen molar-refractivity contribution in [2.75, 3.05) is 18.4 Å². The van der Waals surface area contributed by atoms with Crippen molar-refractivity contribution in [1.82, 2.24) is 24.9 Å². The van der Waals surface area contributed by atoms with E-state index >= 15 is 0 Å². The number of piperidine rings is 2. The van der Waals surface area contributed by atoms with Gasteiger partial charge >= 0.3 is 6.09 Å². The van der Waals surface area contributed by atoms with Gasteiger partial charge in [-0.05, 0) is 31.4 Å². The minimum Gasteiger partial charge on any atom is -0.465 e. The van der Waals surface area contributed by atoms with E-state index < -0.39 is 35.8 Å². The lowest BCUT2D eigenvalue weighted by molar-refractivity contribution is -0.136. The normalized spacial score (nSPS) is 20.7. The minimum absolute atomic E-state index is 0.0637. The number of rotatable bonds is 5. The SMILES string of the molecule is O=C1CCC(N2C(=O)c3cccc(NCc4cnn(C5CCN(C(=O)O)CC5)c4)c3C2=O)C(=O)N1. The van der Waals surface area contributed by atoms with Crippen molar-refractivity contribution < 1.29 is 29.1 Å². The van der Waals surface area contributed by atoms with E-state index in [0.717, 1.165) is 10.5 Å². The van der Waals surface area contributed by atoms with Crippen LogP contribution in [0.4, 0.5) is 10.5 Å². The fraction of sp³-hybridized carbons (Fsp3) is 0.391. The van der Waals surface area contributed by atoms with Gasteiger partial charge in [0, 0.05) is 43.5 Å². The van der Waals surface area contributed by atoms with Gasteiger partial charge in [-0.15, -0.1) is 0 Å². The number of anilines is 1. The summed E-state index contributed by atoms with van der Waals surface area (Å²) in [4.78, 5) is 63.3. The highest BCUT2D eigenvalue weighted by Crippen LogP contribution is 2.32. The van der Waals surface area contributed by atoms with Crippen LogP contribution in [-0.2, 0) is 16.1 Å². The second-order valence-electron chi connectivity index (χ2n) is 8.86. The molecule has 1 atom stereocenters. The zero-order valence-electron chi connectivity index (χ0n) is 18.8. The number of hydrogen-bond donors (Lipinski definition) is 3. The van der Waals surface area contributed by atoms with Crippen LogP contribution in [-0.4, -0.2) is 73.5 Å². The summed E-state index contributed by atoms with van der Waals surface area (Å²) >= 11 is 0. The number of amides is 5. The Morgan fingerprint density at radius 3 is 2.60 bits per heavy atom. The molecule has 0 spiro atoms. The average Bonchev–Trinajstić information content (AvgIpc) is 3.42. The topological polar surface area (TPSA) is 154 Å². The molecule has 35 heavy (non-hydrogen) atoms. The molecule has 0 saturated carbocycles. The summed E-state index contributed by atoms with van der Waals surface area (Å²) in [5.74, 6) is -2.18. The second-order valence-corrected chi connectivity index (χ2v) is 8.86. The molecule has 5 rings (SSSR count). The summed E-state index contributed by atoms with van der Waals surface area (Å²) < 4.78 is 1.84. The molecule has 2 fully saturated rings. The molecular weight excluding hydrogens is 456 g/mol. The molecule has 0 bridgehead atoms. The lowest BCUT2D eigenvalue weighted by atomic mass is 10.0. The van der Waals surface area contributed by atoms with E-state index in [1.54, 1.807) is 24.4 Å². The fourth-order valence-corrected chi connectivity index (χ4v) is 4.85. The number of imide groups is 2. The number of hydrogen-bond acceptors (Lipinski definition) is 7. The van der Waals surface area contributed by atoms with Gasteiger partial charge in [0.25, 0.3) is 11.8 Å². The molecule has 12 nitrogen and oxygen atoms in total. The molecule has 1 aromatic heterocycles. The van der Waals surface area contributed by atoms with Crippen LogP contribution >= 0.6 is 0 Å². The monoisotopic (exact) mass is 480 g/mol. The molecule has 2 saturated heterocycles. The highest BCUT2D eigenvalue weighted by Gasteiger charge is 2.45. The molecule has 3 aliphatic heterocycles. The molecule has 1 unspecified atom stereocenters. The first kappa shape index (κ1) is 22.6. The average molecular weight is 480 g/mol. The van der Waals surface area contributed by atoms with Crippen molar-refractivity contribution in [3.05, 3.63) is 47.3 Å². The first-order valence-electron chi connectivity index (χ1n) is 11.4. The van der Waals surface area contributed by atoms with E-state index in [1.807, 2.05) is 10.9 Å². The van der Waals surface area contributed by atoms with Gasteiger partial charge in [-0.1, -0.05) is 6.07 Å². The van der Waals surface area contributed by atoms with Crippen molar-refractivity contribution in [1.29, 1.82) is 0 Å². The van der Waals surface area contributed by atoms with E-state index in [1.165, 1.54) is 4.90 Å². The van der Waals surface area contributed by atoms with E-state index in [4.69, 9.17) is 5.11 Å². The summed E-state index contributed by atoms with van der Waals surface area (Å²) in [6.07, 6.45) is 4.22. The predicted octanol–water partition coefficient (Wildman–Crippen LogP) is 1.21. The molecule has 4 heterocycles. The lowest BCUT2D eigenvalue weighted by Gasteiger charge is -2.30. The summed E-state index contributed by atoms with van der Waals surface area (Å²) in [6.45, 7) is 1.27. The smallest absolute Gasteiger partial charge is 0.407 e. The molecule has 182 valence electrons. The standard InChI is InChI=1S/C23H24N6O6/c30-18-5-4-17(20(31)26-18)29-21(32)15-2-1-3-16(19(15)22(29)33)24-10-13-11-25-28(12-13)14-6-8-27(9-7-14)23(34)35/h1-3,11-12,14,17,24H,4-10H2,(H,34,35)(H,26,30,31). The van der Waals surface area contributed by atoms with Crippen molar-refractivity contribution in [3.8, 4) is 0 Å². The van der Waals surface area contributed by atoms with Crippen LogP contribution in [0.2, 0.25) is 0 Å². The Morgan fingerprint density at radius 1 is 1.11 bits per heavy atom. The zero-order valence-corrected chi connectivity index (χ0v) is 18.8. The molecule has 3 aliphatic rings. The van der Waals surface area contributed by atoms with E-state index in [0.29, 0.717) is 38.2 Å². The maximum absolute atomic E-state index is 13.2. The number of likely N-dealkylation sites (tertiary alicyclic amines) is 1. The quantitative estimate of drug-likeness (QED) is 0.540. The fourth-order valence-electron chi connectivity index (χ4n) is 4.85. The zero-order chi connectivity index (χ0) is 24.7. The molecule has 3 N–H and O–H groups in total. The van der Waals surface area contributed by atoms with Crippen molar-refractivity contribution in [2.45, 2.75) is 44.3 Å². The number of fused-ring (bicyclic) bond motifs is 1. The molecule has 0 aliphatic carbocycles. The second kappa shape index (κ2) is 8.85. The van der Waals surface area contributed by atoms with Crippen LogP contribution < -0.4 is 10.6 Å². The Balaban J connectivity index is 1.28. The summed E-state index contributed by atoms with van der Waals surface area (Å²) in [7, 11) is 0. The van der Waals surface area contributed by atoms with Crippen molar-refractivity contribution in [3.63, 3.8) is 0 Å². The Kier molecular flexibility index (Phi) is 5.71. The number of carbonyl (C=O) groups is 5. The van der Waals surface area contributed by atoms with Gasteiger partial charge in [0.2, 0.25) is 11.8 Å². The molecule has 1 aromatic carbocycles. The number of nitrogens with one attached hydrogen (secondary N) is 2. The Morgan fingerprint density at radius 2 is 1.89 bits per heavy atom. The van der Waals surface area contributed by atoms with Crippen LogP contribution in [0.15, 0.2) is 30.6 Å². The van der Waals surface area contributed by atoms with Gasteiger partial charge in [-0.3, -0.25) is 34.1 Å². The largest absolute Gasteiger partial charge is 0.465 e. The van der Waals surface area contributed by atoms with Crippen LogP contribution in [0.25, 0.3) is 0 Å². The minimum atomic E-state index is -1.02. The molecule has 12 heteroatoms. The third kappa shape index (κ3) is 4.11. The third-order valence-electron chi connectivity index (χ3n) is 6.72. The molecule has 5 amide bonds. The number of nitrogens with zero attached hydrogens (tertiary/aromatic N) is 4. The number of aromatic nitrogens is 2. The van der Waals surface area contributed by atoms with E-state index in [9.17, 15) is 24.0 Å². The van der Waals surface area contributed by atoms with Crippen molar-refractivity contribution in [2.24, 2.45) is 0 Å². The molecule has 0 radical (unpaired) electrons. The van der Waals surface area contributed by atoms with Gasteiger partial charge in [0.1, 0.15) is 6.04 Å². The lowest BCUT2D eigenvalue weighted by Crippen LogP contribution is -2.54. The third-order valence-corrected chi connectivity index (χ3v) is 6.72. The van der Waals surface area contributed by atoms with Gasteiger partial charge < -0.3 is 15.3 Å². The van der Waals surface area contributed by atoms with Crippen LogP contribution in [0.3, 0.4) is 0 Å². The molecule has 2 aromatic rings. The maximum Gasteiger partial charge on any atom is 0.407 e. The number of carbonyl (C=O) groups excluding carboxylic acids is 4. The number of benzene rings is 1. The van der Waals surface area contributed by atoms with Gasteiger partial charge in [-0.2, -0.15) is 5.10 Å². The number of carboxylic acid groups (broad SMARTS) is 1. The highest BCUT2D eigenvalue weighted by atomic mass is 16.4. The van der Waals surface area contributed by atoms with E-state index in [2.05, 4.69) is 15.7 Å². The van der Waals surface area contributed by atoms with Crippen LogP contribution in [0, 0.1) is 0 Å². The first-order valence-corrected chi connectivity index (χ1v) is 11.4. The maximum atomic E-state index is 13.2. The predicted molar refractivity (Wildman–Crippen MR) is 121 cm³/mol. The van der Waals surface area contributed by atoms with Gasteiger partial charge in [-0.25, -0.2) is 4.79 Å². The summed E-state index contributed by atoms with van der Waals surface area (Å²) in [6, 6.07) is 4.01. The Labute approximate surface area is 199 Å². The first-order chi connectivity index (χ1) is 16.8. The Hall–Kier alpha value is -4.22. The summed E-state index contributed by atoms with van der Waals surface area (Å²) in [5.41, 5.74) is 1.75. The Bertz CT molecular complexity index is 1230. The highest BCUT2D eigenvalue weighted by molar-refractivity contribution is 6.25. The van der Waals surface area contributed by atoms with E-state index in [-0.39, 0.29) is 30.0 Å². The summed E-state index contributed by atoms with van der Waals surface area (Å²) in [5, 5.41) is 18.9. The van der Waals surface area contributed by atoms with Crippen LogP contribution in [0.5, 0.6) is 0 Å². The van der Waals surface area contributed by atoms with Gasteiger partial charge in [0.15, 0.2) is 0 Å². The van der Waals surface area contributed by atoms with Gasteiger partial charge in [0.05, 0.1) is 23.4 Å². The molecular formula is C23H24N6O6. The van der Waals surface area contributed by atoms with Crippen molar-refractivity contribution >= 4 is 35.4 Å².